The minimum atomic E-state index is -0.333. The van der Waals surface area contributed by atoms with Crippen molar-refractivity contribution in [2.24, 2.45) is 0 Å². The highest BCUT2D eigenvalue weighted by molar-refractivity contribution is 6.31. The Labute approximate surface area is 159 Å². The SMILES string of the molecule is COc1cccc(C(CNC(=O)Nc2cc(Cl)ccc2OC)N(C)C)c1. The lowest BCUT2D eigenvalue weighted by atomic mass is 10.1. The topological polar surface area (TPSA) is 62.8 Å². The number of benzene rings is 2. The lowest BCUT2D eigenvalue weighted by Crippen LogP contribution is -2.37. The summed E-state index contributed by atoms with van der Waals surface area (Å²) in [6.45, 7) is 0.425. The Bertz CT molecular complexity index is 753. The first kappa shape index (κ1) is 19.9. The summed E-state index contributed by atoms with van der Waals surface area (Å²) in [6.07, 6.45) is 0. The normalized spacial score (nSPS) is 11.8. The molecule has 1 unspecified atom stereocenters. The zero-order valence-electron chi connectivity index (χ0n) is 15.4. The number of anilines is 1. The van der Waals surface area contributed by atoms with Crippen LogP contribution in [0.3, 0.4) is 0 Å². The molecule has 0 aliphatic rings. The predicted octanol–water partition coefficient (Wildman–Crippen LogP) is 3.78. The average Bonchev–Trinajstić information content (AvgIpc) is 2.62. The Morgan fingerprint density at radius 2 is 1.92 bits per heavy atom. The van der Waals surface area contributed by atoms with Crippen molar-refractivity contribution < 1.29 is 14.3 Å². The van der Waals surface area contributed by atoms with Gasteiger partial charge >= 0.3 is 6.03 Å². The molecular weight excluding hydrogens is 354 g/mol. The third-order valence-electron chi connectivity index (χ3n) is 3.97. The second kappa shape index (κ2) is 9.31. The van der Waals surface area contributed by atoms with Crippen LogP contribution < -0.4 is 20.1 Å². The molecule has 0 bridgehead atoms. The summed E-state index contributed by atoms with van der Waals surface area (Å²) < 4.78 is 10.5. The molecule has 2 amide bonds. The number of halogens is 1. The van der Waals surface area contributed by atoms with Crippen LogP contribution in [0.4, 0.5) is 10.5 Å². The zero-order valence-corrected chi connectivity index (χ0v) is 16.1. The number of ether oxygens (including phenoxy) is 2. The first-order valence-corrected chi connectivity index (χ1v) is 8.51. The molecule has 7 heteroatoms. The number of hydrogen-bond acceptors (Lipinski definition) is 4. The third kappa shape index (κ3) is 5.28. The van der Waals surface area contributed by atoms with Crippen molar-refractivity contribution in [1.82, 2.24) is 10.2 Å². The van der Waals surface area contributed by atoms with Crippen molar-refractivity contribution >= 4 is 23.3 Å². The molecule has 0 aliphatic carbocycles. The van der Waals surface area contributed by atoms with Crippen LogP contribution in [0, 0.1) is 0 Å². The first-order valence-electron chi connectivity index (χ1n) is 8.13. The molecule has 0 heterocycles. The average molecular weight is 378 g/mol. The zero-order chi connectivity index (χ0) is 19.1. The van der Waals surface area contributed by atoms with Crippen LogP contribution in [-0.2, 0) is 0 Å². The van der Waals surface area contributed by atoms with E-state index in [9.17, 15) is 4.79 Å². The lowest BCUT2D eigenvalue weighted by Gasteiger charge is -2.25. The molecule has 140 valence electrons. The molecule has 0 saturated heterocycles. The van der Waals surface area contributed by atoms with Gasteiger partial charge in [0, 0.05) is 11.6 Å². The number of nitrogens with zero attached hydrogens (tertiary/aromatic N) is 1. The van der Waals surface area contributed by atoms with E-state index in [1.165, 1.54) is 7.11 Å². The molecule has 2 aromatic carbocycles. The first-order chi connectivity index (χ1) is 12.4. The van der Waals surface area contributed by atoms with Crippen LogP contribution in [0.25, 0.3) is 0 Å². The van der Waals surface area contributed by atoms with Crippen LogP contribution >= 0.6 is 11.6 Å². The van der Waals surface area contributed by atoms with Crippen molar-refractivity contribution in [3.05, 3.63) is 53.1 Å². The lowest BCUT2D eigenvalue weighted by molar-refractivity contribution is 0.243. The van der Waals surface area contributed by atoms with Crippen LogP contribution in [0.2, 0.25) is 5.02 Å². The highest BCUT2D eigenvalue weighted by Crippen LogP contribution is 2.27. The van der Waals surface area contributed by atoms with Gasteiger partial charge in [-0.2, -0.15) is 0 Å². The van der Waals surface area contributed by atoms with Gasteiger partial charge in [0.15, 0.2) is 0 Å². The van der Waals surface area contributed by atoms with E-state index in [0.717, 1.165) is 11.3 Å². The number of methoxy groups -OCH3 is 2. The molecular formula is C19H24ClN3O3. The van der Waals surface area contributed by atoms with E-state index in [-0.39, 0.29) is 12.1 Å². The number of urea groups is 1. The molecule has 0 aliphatic heterocycles. The summed E-state index contributed by atoms with van der Waals surface area (Å²) in [5.41, 5.74) is 1.57. The highest BCUT2D eigenvalue weighted by Gasteiger charge is 2.16. The molecule has 0 fully saturated rings. The third-order valence-corrected chi connectivity index (χ3v) is 4.20. The van der Waals surface area contributed by atoms with Crippen LogP contribution in [0.1, 0.15) is 11.6 Å². The van der Waals surface area contributed by atoms with Gasteiger partial charge in [0.2, 0.25) is 0 Å². The predicted molar refractivity (Wildman–Crippen MR) is 104 cm³/mol. The van der Waals surface area contributed by atoms with Gasteiger partial charge in [0.1, 0.15) is 11.5 Å². The monoisotopic (exact) mass is 377 g/mol. The Hall–Kier alpha value is -2.44. The summed E-state index contributed by atoms with van der Waals surface area (Å²) in [6, 6.07) is 12.5. The Morgan fingerprint density at radius 1 is 1.15 bits per heavy atom. The fraction of sp³-hybridized carbons (Fsp3) is 0.316. The molecule has 2 rings (SSSR count). The van der Waals surface area contributed by atoms with Crippen LogP contribution in [0.15, 0.2) is 42.5 Å². The maximum atomic E-state index is 12.3. The van der Waals surface area contributed by atoms with Gasteiger partial charge in [-0.3, -0.25) is 0 Å². The van der Waals surface area contributed by atoms with Crippen molar-refractivity contribution in [3.63, 3.8) is 0 Å². The van der Waals surface area contributed by atoms with Gasteiger partial charge in [0.25, 0.3) is 0 Å². The second-order valence-corrected chi connectivity index (χ2v) is 6.37. The van der Waals surface area contributed by atoms with E-state index in [4.69, 9.17) is 21.1 Å². The van der Waals surface area contributed by atoms with E-state index in [0.29, 0.717) is 23.0 Å². The largest absolute Gasteiger partial charge is 0.497 e. The summed E-state index contributed by atoms with van der Waals surface area (Å²) in [7, 11) is 7.10. The van der Waals surface area contributed by atoms with Gasteiger partial charge < -0.3 is 25.0 Å². The Kier molecular flexibility index (Phi) is 7.12. The standard InChI is InChI=1S/C19H24ClN3O3/c1-23(2)17(13-6-5-7-15(10-13)25-3)12-21-19(24)22-16-11-14(20)8-9-18(16)26-4/h5-11,17H,12H2,1-4H3,(H2,21,22,24). The molecule has 6 nitrogen and oxygen atoms in total. The minimum absolute atomic E-state index is 0.00268. The summed E-state index contributed by atoms with van der Waals surface area (Å²) in [4.78, 5) is 14.3. The minimum Gasteiger partial charge on any atom is -0.497 e. The highest BCUT2D eigenvalue weighted by atomic mass is 35.5. The van der Waals surface area contributed by atoms with E-state index in [1.807, 2.05) is 43.3 Å². The second-order valence-electron chi connectivity index (χ2n) is 5.94. The number of hydrogen-bond donors (Lipinski definition) is 2. The van der Waals surface area contributed by atoms with E-state index >= 15 is 0 Å². The van der Waals surface area contributed by atoms with Gasteiger partial charge in [0.05, 0.1) is 25.9 Å². The molecule has 0 spiro atoms. The fourth-order valence-corrected chi connectivity index (χ4v) is 2.75. The molecule has 0 radical (unpaired) electrons. The maximum Gasteiger partial charge on any atom is 0.319 e. The fourth-order valence-electron chi connectivity index (χ4n) is 2.58. The number of carbonyl (C=O) groups excluding carboxylic acids is 1. The van der Waals surface area contributed by atoms with E-state index in [2.05, 4.69) is 10.6 Å². The molecule has 2 aromatic rings. The molecule has 2 N–H and O–H groups in total. The maximum absolute atomic E-state index is 12.3. The van der Waals surface area contributed by atoms with E-state index < -0.39 is 0 Å². The molecule has 26 heavy (non-hydrogen) atoms. The van der Waals surface area contributed by atoms with Crippen LogP contribution in [0.5, 0.6) is 11.5 Å². The van der Waals surface area contributed by atoms with Gasteiger partial charge in [-0.05, 0) is 50.0 Å². The molecule has 0 saturated carbocycles. The summed E-state index contributed by atoms with van der Waals surface area (Å²) in [5, 5.41) is 6.17. The summed E-state index contributed by atoms with van der Waals surface area (Å²) >= 11 is 5.99. The number of rotatable bonds is 7. The van der Waals surface area contributed by atoms with E-state index in [1.54, 1.807) is 25.3 Å². The van der Waals surface area contributed by atoms with Gasteiger partial charge in [-0.1, -0.05) is 23.7 Å². The Morgan fingerprint density at radius 3 is 2.58 bits per heavy atom. The number of nitrogens with one attached hydrogen (secondary N) is 2. The molecule has 1 atom stereocenters. The van der Waals surface area contributed by atoms with Crippen molar-refractivity contribution in [3.8, 4) is 11.5 Å². The van der Waals surface area contributed by atoms with Crippen LogP contribution in [-0.4, -0.2) is 45.8 Å². The Balaban J connectivity index is 2.05. The molecule has 0 aromatic heterocycles. The van der Waals surface area contributed by atoms with Crippen molar-refractivity contribution in [2.45, 2.75) is 6.04 Å². The quantitative estimate of drug-likeness (QED) is 0.770. The van der Waals surface area contributed by atoms with Crippen molar-refractivity contribution in [1.29, 1.82) is 0 Å². The van der Waals surface area contributed by atoms with Crippen molar-refractivity contribution in [2.75, 3.05) is 40.2 Å². The number of carbonyl (C=O) groups is 1. The van der Waals surface area contributed by atoms with Gasteiger partial charge in [-0.15, -0.1) is 0 Å². The summed E-state index contributed by atoms with van der Waals surface area (Å²) in [5.74, 6) is 1.32. The number of amides is 2. The smallest absolute Gasteiger partial charge is 0.319 e. The van der Waals surface area contributed by atoms with Gasteiger partial charge in [-0.25, -0.2) is 4.79 Å². The number of likely N-dealkylation sites (N-methyl/N-ethyl adjacent to an activating group) is 1.